The van der Waals surface area contributed by atoms with Crippen LogP contribution in [0.5, 0.6) is 0 Å². The van der Waals surface area contributed by atoms with Crippen molar-refractivity contribution in [3.63, 3.8) is 0 Å². The van der Waals surface area contributed by atoms with Crippen LogP contribution >= 0.6 is 0 Å². The Morgan fingerprint density at radius 1 is 1.29 bits per heavy atom. The number of nitrogens with zero attached hydrogens (tertiary/aromatic N) is 2. The molecule has 5 nitrogen and oxygen atoms in total. The van der Waals surface area contributed by atoms with Crippen molar-refractivity contribution < 1.29 is 9.90 Å². The lowest BCUT2D eigenvalue weighted by molar-refractivity contribution is -0.138. The number of carboxylic acid groups (broad SMARTS) is 1. The number of rotatable bonds is 7. The second-order valence-electron chi connectivity index (χ2n) is 5.72. The second kappa shape index (κ2) is 7.02. The van der Waals surface area contributed by atoms with Crippen molar-refractivity contribution in [3.8, 4) is 0 Å². The lowest BCUT2D eigenvalue weighted by Crippen LogP contribution is -2.20. The first-order chi connectivity index (χ1) is 10.0. The molecular formula is C16H21N3O2. The number of nitrogens with one attached hydrogen (secondary N) is 1. The Morgan fingerprint density at radius 2 is 2.00 bits per heavy atom. The summed E-state index contributed by atoms with van der Waals surface area (Å²) in [5.74, 6) is 0.495. The van der Waals surface area contributed by atoms with Crippen molar-refractivity contribution in [3.05, 3.63) is 30.5 Å². The highest BCUT2D eigenvalue weighted by molar-refractivity contribution is 5.75. The summed E-state index contributed by atoms with van der Waals surface area (Å²) < 4.78 is 0. The highest BCUT2D eigenvalue weighted by atomic mass is 16.4. The number of carbonyl (C=O) groups is 1. The van der Waals surface area contributed by atoms with E-state index in [1.807, 2.05) is 24.3 Å². The van der Waals surface area contributed by atoms with Crippen molar-refractivity contribution in [2.45, 2.75) is 26.7 Å². The Labute approximate surface area is 124 Å². The van der Waals surface area contributed by atoms with Gasteiger partial charge in [-0.15, -0.1) is 0 Å². The molecule has 21 heavy (non-hydrogen) atoms. The molecule has 0 amide bonds. The van der Waals surface area contributed by atoms with Gasteiger partial charge in [0.1, 0.15) is 5.82 Å². The van der Waals surface area contributed by atoms with Crippen molar-refractivity contribution in [1.29, 1.82) is 0 Å². The quantitative estimate of drug-likeness (QED) is 0.818. The van der Waals surface area contributed by atoms with Gasteiger partial charge in [-0.3, -0.25) is 9.78 Å². The fraction of sp³-hybridized carbons (Fsp3) is 0.438. The van der Waals surface area contributed by atoms with Gasteiger partial charge in [0, 0.05) is 13.0 Å². The first-order valence-corrected chi connectivity index (χ1v) is 7.22. The van der Waals surface area contributed by atoms with E-state index >= 15 is 0 Å². The largest absolute Gasteiger partial charge is 0.481 e. The third kappa shape index (κ3) is 4.70. The van der Waals surface area contributed by atoms with Crippen LogP contribution in [0, 0.1) is 11.8 Å². The Bertz CT molecular complexity index is 613. The molecule has 2 rings (SSSR count). The van der Waals surface area contributed by atoms with Crippen LogP contribution < -0.4 is 5.32 Å². The van der Waals surface area contributed by atoms with E-state index in [-0.39, 0.29) is 12.3 Å². The maximum atomic E-state index is 10.9. The summed E-state index contributed by atoms with van der Waals surface area (Å²) in [6.07, 6.45) is 2.74. The first-order valence-electron chi connectivity index (χ1n) is 7.22. The lowest BCUT2D eigenvalue weighted by Gasteiger charge is -2.18. The molecule has 0 aliphatic heterocycles. The maximum absolute atomic E-state index is 10.9. The number of aromatic nitrogens is 2. The van der Waals surface area contributed by atoms with E-state index in [2.05, 4.69) is 29.1 Å². The number of fused-ring (bicyclic) bond motifs is 1. The highest BCUT2D eigenvalue weighted by Gasteiger charge is 2.15. The van der Waals surface area contributed by atoms with E-state index in [0.29, 0.717) is 18.3 Å². The Hall–Kier alpha value is -2.17. The number of anilines is 1. The first kappa shape index (κ1) is 15.2. The van der Waals surface area contributed by atoms with Gasteiger partial charge < -0.3 is 10.4 Å². The van der Waals surface area contributed by atoms with Gasteiger partial charge in [0.25, 0.3) is 0 Å². The summed E-state index contributed by atoms with van der Waals surface area (Å²) in [6.45, 7) is 4.80. The normalized spacial score (nSPS) is 12.5. The van der Waals surface area contributed by atoms with Crippen LogP contribution in [0.3, 0.4) is 0 Å². The second-order valence-corrected chi connectivity index (χ2v) is 5.72. The lowest BCUT2D eigenvalue weighted by atomic mass is 9.94. The van der Waals surface area contributed by atoms with E-state index in [1.165, 1.54) is 0 Å². The Morgan fingerprint density at radius 3 is 2.67 bits per heavy atom. The molecule has 0 saturated carbocycles. The molecule has 0 spiro atoms. The summed E-state index contributed by atoms with van der Waals surface area (Å²) in [5, 5.41) is 12.2. The summed E-state index contributed by atoms with van der Waals surface area (Å²) in [6, 6.07) is 7.68. The molecule has 0 aliphatic carbocycles. The SMILES string of the molecule is CC(C)CC(CNc1cnc2ccccc2n1)CC(=O)O. The monoisotopic (exact) mass is 287 g/mol. The van der Waals surface area contributed by atoms with E-state index < -0.39 is 5.97 Å². The van der Waals surface area contributed by atoms with Gasteiger partial charge in [0.15, 0.2) is 0 Å². The molecule has 5 heteroatoms. The zero-order valence-electron chi connectivity index (χ0n) is 12.4. The van der Waals surface area contributed by atoms with Gasteiger partial charge in [-0.2, -0.15) is 0 Å². The molecule has 0 aliphatic rings. The molecule has 1 heterocycles. The Kier molecular flexibility index (Phi) is 5.09. The third-order valence-electron chi connectivity index (χ3n) is 3.29. The molecule has 2 aromatic rings. The van der Waals surface area contributed by atoms with Gasteiger partial charge >= 0.3 is 5.97 Å². The molecule has 1 aromatic heterocycles. The van der Waals surface area contributed by atoms with Gasteiger partial charge in [-0.25, -0.2) is 4.98 Å². The molecule has 1 aromatic carbocycles. The molecule has 0 fully saturated rings. The molecule has 0 bridgehead atoms. The average Bonchev–Trinajstić information content (AvgIpc) is 2.43. The topological polar surface area (TPSA) is 75.1 Å². The van der Waals surface area contributed by atoms with E-state index in [1.54, 1.807) is 6.20 Å². The summed E-state index contributed by atoms with van der Waals surface area (Å²) in [5.41, 5.74) is 1.69. The minimum atomic E-state index is -0.757. The molecule has 1 atom stereocenters. The fourth-order valence-corrected chi connectivity index (χ4v) is 2.44. The van der Waals surface area contributed by atoms with Crippen molar-refractivity contribution in [2.24, 2.45) is 11.8 Å². The number of aliphatic carboxylic acids is 1. The minimum Gasteiger partial charge on any atom is -0.481 e. The predicted molar refractivity (Wildman–Crippen MR) is 83.2 cm³/mol. The Balaban J connectivity index is 2.02. The zero-order valence-corrected chi connectivity index (χ0v) is 12.4. The number of benzene rings is 1. The van der Waals surface area contributed by atoms with Crippen LogP contribution in [-0.4, -0.2) is 27.6 Å². The van der Waals surface area contributed by atoms with Crippen molar-refractivity contribution in [2.75, 3.05) is 11.9 Å². The summed E-state index contributed by atoms with van der Waals surface area (Å²) in [4.78, 5) is 19.7. The van der Waals surface area contributed by atoms with E-state index in [9.17, 15) is 4.79 Å². The smallest absolute Gasteiger partial charge is 0.303 e. The van der Waals surface area contributed by atoms with Crippen LogP contribution in [0.25, 0.3) is 11.0 Å². The molecule has 1 unspecified atom stereocenters. The summed E-state index contributed by atoms with van der Waals surface area (Å²) >= 11 is 0. The standard InChI is InChI=1S/C16H21N3O2/c1-11(2)7-12(8-16(20)21)9-18-15-10-17-13-5-3-4-6-14(13)19-15/h3-6,10-12H,7-9H2,1-2H3,(H,18,19)(H,20,21). The molecular weight excluding hydrogens is 266 g/mol. The predicted octanol–water partition coefficient (Wildman–Crippen LogP) is 3.18. The van der Waals surface area contributed by atoms with Gasteiger partial charge in [0.05, 0.1) is 17.2 Å². The number of hydrogen-bond acceptors (Lipinski definition) is 4. The van der Waals surface area contributed by atoms with Crippen LogP contribution in [0.15, 0.2) is 30.5 Å². The van der Waals surface area contributed by atoms with Gasteiger partial charge in [-0.05, 0) is 30.4 Å². The summed E-state index contributed by atoms with van der Waals surface area (Å²) in [7, 11) is 0. The van der Waals surface area contributed by atoms with Crippen LogP contribution in [-0.2, 0) is 4.79 Å². The number of para-hydroxylation sites is 2. The van der Waals surface area contributed by atoms with Crippen LogP contribution in [0.2, 0.25) is 0 Å². The minimum absolute atomic E-state index is 0.0933. The average molecular weight is 287 g/mol. The van der Waals surface area contributed by atoms with Crippen LogP contribution in [0.4, 0.5) is 5.82 Å². The maximum Gasteiger partial charge on any atom is 0.303 e. The molecule has 0 saturated heterocycles. The number of hydrogen-bond donors (Lipinski definition) is 2. The zero-order chi connectivity index (χ0) is 15.2. The fourth-order valence-electron chi connectivity index (χ4n) is 2.44. The highest BCUT2D eigenvalue weighted by Crippen LogP contribution is 2.17. The molecule has 112 valence electrons. The van der Waals surface area contributed by atoms with E-state index in [4.69, 9.17) is 5.11 Å². The van der Waals surface area contributed by atoms with Crippen LogP contribution in [0.1, 0.15) is 26.7 Å². The number of carboxylic acids is 1. The van der Waals surface area contributed by atoms with Crippen molar-refractivity contribution in [1.82, 2.24) is 9.97 Å². The van der Waals surface area contributed by atoms with Gasteiger partial charge in [0.2, 0.25) is 0 Å². The third-order valence-corrected chi connectivity index (χ3v) is 3.29. The molecule has 2 N–H and O–H groups in total. The molecule has 0 radical (unpaired) electrons. The van der Waals surface area contributed by atoms with E-state index in [0.717, 1.165) is 17.5 Å². The van der Waals surface area contributed by atoms with Gasteiger partial charge in [-0.1, -0.05) is 26.0 Å². The van der Waals surface area contributed by atoms with Crippen molar-refractivity contribution >= 4 is 22.8 Å².